The van der Waals surface area contributed by atoms with Gasteiger partial charge in [-0.1, -0.05) is 272 Å². The maximum atomic E-state index is 12.8. The minimum Gasteiger partial charge on any atom is -0.462 e. The summed E-state index contributed by atoms with van der Waals surface area (Å²) < 4.78 is 16.7. The van der Waals surface area contributed by atoms with E-state index in [1.807, 2.05) is 0 Å². The molecule has 0 aromatic heterocycles. The van der Waals surface area contributed by atoms with E-state index in [0.717, 1.165) is 122 Å². The van der Waals surface area contributed by atoms with Crippen molar-refractivity contribution < 1.29 is 28.6 Å². The number of esters is 3. The van der Waals surface area contributed by atoms with E-state index in [4.69, 9.17) is 14.2 Å². The zero-order valence-corrected chi connectivity index (χ0v) is 47.9. The number of carbonyl (C=O) groups is 3. The highest BCUT2D eigenvalue weighted by molar-refractivity contribution is 5.71. The molecule has 0 saturated heterocycles. The van der Waals surface area contributed by atoms with Crippen LogP contribution in [0.3, 0.4) is 0 Å². The van der Waals surface area contributed by atoms with Crippen LogP contribution in [0, 0.1) is 0 Å². The Bertz CT molecular complexity index is 1440. The number of allylic oxidation sites excluding steroid dienone is 16. The van der Waals surface area contributed by atoms with Gasteiger partial charge in [-0.15, -0.1) is 0 Å². The molecule has 73 heavy (non-hydrogen) atoms. The van der Waals surface area contributed by atoms with Crippen molar-refractivity contribution in [1.82, 2.24) is 0 Å². The molecule has 0 saturated carbocycles. The van der Waals surface area contributed by atoms with Gasteiger partial charge in [0.05, 0.1) is 0 Å². The van der Waals surface area contributed by atoms with Crippen molar-refractivity contribution >= 4 is 17.9 Å². The number of rotatable bonds is 55. The van der Waals surface area contributed by atoms with Crippen LogP contribution < -0.4 is 0 Å². The molecule has 418 valence electrons. The Hall–Kier alpha value is -3.67. The van der Waals surface area contributed by atoms with Gasteiger partial charge in [0.2, 0.25) is 0 Å². The molecule has 0 radical (unpaired) electrons. The van der Waals surface area contributed by atoms with Crippen LogP contribution in [0.15, 0.2) is 97.2 Å². The lowest BCUT2D eigenvalue weighted by Gasteiger charge is -2.18. The van der Waals surface area contributed by atoms with E-state index in [9.17, 15) is 14.4 Å². The van der Waals surface area contributed by atoms with Crippen molar-refractivity contribution in [3.05, 3.63) is 97.2 Å². The first kappa shape index (κ1) is 69.3. The van der Waals surface area contributed by atoms with Crippen LogP contribution in [-0.2, 0) is 28.6 Å². The zero-order chi connectivity index (χ0) is 52.9. The van der Waals surface area contributed by atoms with Gasteiger partial charge in [-0.3, -0.25) is 14.4 Å². The Morgan fingerprint density at radius 1 is 0.288 bits per heavy atom. The third-order valence-electron chi connectivity index (χ3n) is 13.1. The number of carbonyl (C=O) groups excluding carboxylic acids is 3. The third kappa shape index (κ3) is 59.1. The Kier molecular flexibility index (Phi) is 57.8. The molecule has 0 heterocycles. The predicted molar refractivity (Wildman–Crippen MR) is 316 cm³/mol. The van der Waals surface area contributed by atoms with Gasteiger partial charge in [0, 0.05) is 19.3 Å². The fourth-order valence-electron chi connectivity index (χ4n) is 8.54. The molecule has 6 heteroatoms. The van der Waals surface area contributed by atoms with Crippen LogP contribution in [0.4, 0.5) is 0 Å². The van der Waals surface area contributed by atoms with Crippen LogP contribution in [0.25, 0.3) is 0 Å². The summed E-state index contributed by atoms with van der Waals surface area (Å²) in [5, 5.41) is 0. The Morgan fingerprint density at radius 2 is 0.534 bits per heavy atom. The van der Waals surface area contributed by atoms with Gasteiger partial charge in [0.25, 0.3) is 0 Å². The van der Waals surface area contributed by atoms with Gasteiger partial charge in [-0.05, 0) is 96.3 Å². The Morgan fingerprint density at radius 3 is 0.836 bits per heavy atom. The second-order valence-electron chi connectivity index (χ2n) is 20.2. The molecule has 0 spiro atoms. The summed E-state index contributed by atoms with van der Waals surface area (Å²) in [6, 6.07) is 0. The Balaban J connectivity index is 3.97. The molecule has 0 aliphatic rings. The summed E-state index contributed by atoms with van der Waals surface area (Å²) in [5.41, 5.74) is 0. The molecular formula is C67H114O6. The normalized spacial score (nSPS) is 12.8. The number of ether oxygens (including phenoxy) is 3. The summed E-state index contributed by atoms with van der Waals surface area (Å²) in [4.78, 5) is 37.8. The lowest BCUT2D eigenvalue weighted by Crippen LogP contribution is -2.30. The molecule has 0 aliphatic heterocycles. The van der Waals surface area contributed by atoms with Crippen molar-refractivity contribution in [2.24, 2.45) is 0 Å². The molecule has 1 atom stereocenters. The van der Waals surface area contributed by atoms with Crippen molar-refractivity contribution in [2.75, 3.05) is 13.2 Å². The molecule has 1 unspecified atom stereocenters. The maximum Gasteiger partial charge on any atom is 0.306 e. The third-order valence-corrected chi connectivity index (χ3v) is 13.1. The summed E-state index contributed by atoms with van der Waals surface area (Å²) >= 11 is 0. The van der Waals surface area contributed by atoms with Crippen LogP contribution in [0.5, 0.6) is 0 Å². The lowest BCUT2D eigenvalue weighted by molar-refractivity contribution is -0.167. The number of hydrogen-bond donors (Lipinski definition) is 0. The van der Waals surface area contributed by atoms with E-state index in [0.29, 0.717) is 19.3 Å². The SMILES string of the molecule is CC/C=C\C/C=C\C/C=C\C/C=C\C/C=C\CCCCCCCCCCCCCCCCCCCC(=O)OCC(COC(=O)CCCCCCC)OC(=O)CCCCCCCCC/C=C\C/C=C\C/C=C\CC. The molecular weight excluding hydrogens is 901 g/mol. The summed E-state index contributed by atoms with van der Waals surface area (Å²) in [6.07, 6.45) is 81.8. The van der Waals surface area contributed by atoms with E-state index in [2.05, 4.69) is 118 Å². The second kappa shape index (κ2) is 60.9. The highest BCUT2D eigenvalue weighted by Gasteiger charge is 2.19. The highest BCUT2D eigenvalue weighted by Crippen LogP contribution is 2.16. The smallest absolute Gasteiger partial charge is 0.306 e. The van der Waals surface area contributed by atoms with Gasteiger partial charge in [-0.2, -0.15) is 0 Å². The molecule has 0 fully saturated rings. The van der Waals surface area contributed by atoms with E-state index in [-0.39, 0.29) is 31.1 Å². The molecule has 0 aromatic rings. The van der Waals surface area contributed by atoms with Gasteiger partial charge in [0.1, 0.15) is 13.2 Å². The second-order valence-corrected chi connectivity index (χ2v) is 20.2. The molecule has 0 N–H and O–H groups in total. The fourth-order valence-corrected chi connectivity index (χ4v) is 8.54. The van der Waals surface area contributed by atoms with Crippen molar-refractivity contribution in [3.63, 3.8) is 0 Å². The fraction of sp³-hybridized carbons (Fsp3) is 0.716. The van der Waals surface area contributed by atoms with Gasteiger partial charge in [0.15, 0.2) is 6.10 Å². The zero-order valence-electron chi connectivity index (χ0n) is 47.9. The van der Waals surface area contributed by atoms with Crippen LogP contribution in [0.2, 0.25) is 0 Å². The van der Waals surface area contributed by atoms with Crippen molar-refractivity contribution in [2.45, 2.75) is 297 Å². The predicted octanol–water partition coefficient (Wildman–Crippen LogP) is 20.9. The molecule has 0 bridgehead atoms. The van der Waals surface area contributed by atoms with Gasteiger partial charge >= 0.3 is 17.9 Å². The van der Waals surface area contributed by atoms with Crippen molar-refractivity contribution in [3.8, 4) is 0 Å². The van der Waals surface area contributed by atoms with Gasteiger partial charge in [-0.25, -0.2) is 0 Å². The molecule has 6 nitrogen and oxygen atoms in total. The topological polar surface area (TPSA) is 78.9 Å². The highest BCUT2D eigenvalue weighted by atomic mass is 16.6. The first-order chi connectivity index (χ1) is 36.0. The number of hydrogen-bond acceptors (Lipinski definition) is 6. The largest absolute Gasteiger partial charge is 0.462 e. The van der Waals surface area contributed by atoms with E-state index < -0.39 is 6.10 Å². The summed E-state index contributed by atoms with van der Waals surface area (Å²) in [7, 11) is 0. The number of unbranched alkanes of at least 4 members (excludes halogenated alkanes) is 28. The quantitative estimate of drug-likeness (QED) is 0.0261. The average molecular weight is 1020 g/mol. The lowest BCUT2D eigenvalue weighted by atomic mass is 10.0. The van der Waals surface area contributed by atoms with E-state index in [1.165, 1.54) is 128 Å². The van der Waals surface area contributed by atoms with E-state index in [1.54, 1.807) is 0 Å². The van der Waals surface area contributed by atoms with E-state index >= 15 is 0 Å². The average Bonchev–Trinajstić information content (AvgIpc) is 3.39. The van der Waals surface area contributed by atoms with Crippen molar-refractivity contribution in [1.29, 1.82) is 0 Å². The molecule has 0 aliphatic carbocycles. The first-order valence-electron chi connectivity index (χ1n) is 30.7. The summed E-state index contributed by atoms with van der Waals surface area (Å²) in [6.45, 7) is 6.34. The molecule has 0 rings (SSSR count). The van der Waals surface area contributed by atoms with Crippen LogP contribution in [0.1, 0.15) is 290 Å². The molecule has 0 amide bonds. The molecule has 0 aromatic carbocycles. The van der Waals surface area contributed by atoms with Crippen LogP contribution >= 0.6 is 0 Å². The summed E-state index contributed by atoms with van der Waals surface area (Å²) in [5.74, 6) is -0.896. The standard InChI is InChI=1S/C67H114O6/c1-4-7-10-13-15-17-19-21-23-25-26-27-28-29-30-31-32-33-34-35-36-37-38-39-40-42-43-45-47-49-51-54-57-60-66(69)72-63-64(62-71-65(68)59-56-53-12-9-6-3)73-67(70)61-58-55-52-50-48-46-44-41-24-22-20-18-16-14-11-8-5-2/h7-8,10-11,15-18,21-24,26-27,29-30,64H,4-6,9,12-14,19-20,25,28,31-63H2,1-3H3/b10-7-,11-8-,17-15-,18-16-,23-21-,24-22-,27-26-,30-29-. The first-order valence-corrected chi connectivity index (χ1v) is 30.7. The maximum absolute atomic E-state index is 12.8. The van der Waals surface area contributed by atoms with Crippen LogP contribution in [-0.4, -0.2) is 37.2 Å². The monoisotopic (exact) mass is 1010 g/mol. The minimum absolute atomic E-state index is 0.0790. The van der Waals surface area contributed by atoms with Gasteiger partial charge < -0.3 is 14.2 Å². The Labute approximate surface area is 451 Å². The minimum atomic E-state index is -0.777.